The average Bonchev–Trinajstić information content (AvgIpc) is 3.41. The first-order valence-electron chi connectivity index (χ1n) is 11.2. The van der Waals surface area contributed by atoms with E-state index in [9.17, 15) is 19.2 Å². The summed E-state index contributed by atoms with van der Waals surface area (Å²) in [6, 6.07) is 8.59. The van der Waals surface area contributed by atoms with E-state index in [1.54, 1.807) is 13.0 Å². The summed E-state index contributed by atoms with van der Waals surface area (Å²) < 4.78 is 15.5. The van der Waals surface area contributed by atoms with Crippen molar-refractivity contribution in [3.63, 3.8) is 0 Å². The fourth-order valence-corrected chi connectivity index (χ4v) is 7.58. The van der Waals surface area contributed by atoms with Gasteiger partial charge in [-0.1, -0.05) is 59.9 Å². The Bertz CT molecular complexity index is 1020. The Kier molecular flexibility index (Phi) is 11.5. The smallest absolute Gasteiger partial charge is 0.328 e. The average molecular weight is 555 g/mol. The fraction of sp³-hybridized carbons (Fsp3) is 0.417. The molecule has 9 nitrogen and oxygen atoms in total. The van der Waals surface area contributed by atoms with Crippen molar-refractivity contribution in [1.82, 2.24) is 10.6 Å². The molecule has 0 saturated carbocycles. The molecule has 0 spiro atoms. The molecule has 1 aromatic rings. The van der Waals surface area contributed by atoms with Crippen LogP contribution < -0.4 is 10.6 Å². The first-order chi connectivity index (χ1) is 17.2. The molecule has 1 aliphatic carbocycles. The number of carbonyl (C=O) groups is 4. The van der Waals surface area contributed by atoms with Gasteiger partial charge in [-0.25, -0.2) is 4.79 Å². The topological polar surface area (TPSA) is 120 Å². The van der Waals surface area contributed by atoms with Crippen molar-refractivity contribution in [2.24, 2.45) is 11.3 Å². The first-order valence-corrected chi connectivity index (χ1v) is 15.4. The van der Waals surface area contributed by atoms with Crippen molar-refractivity contribution in [3.8, 4) is 0 Å². The number of hydrogen-bond donors (Lipinski definition) is 2. The van der Waals surface area contributed by atoms with E-state index < -0.39 is 34.2 Å². The van der Waals surface area contributed by atoms with E-state index in [0.717, 1.165) is 18.4 Å². The van der Waals surface area contributed by atoms with Crippen LogP contribution in [0.25, 0.3) is 0 Å². The standard InChI is InChI=1S/C12H14N2O3.C12H17O4PS2/c1-2-7-12(8-5-3-4-6-8)9(15)13-11(17)14-10(12)16;1-4-16-12(13)11(10-8-6-5-7-9-10)19-17(18,14-2)15-3/h2-3,5,8H,1,4,6-7H2,(H2,13,14,15,16,17);5-9,11H,4H2,1-3H3. The molecule has 3 rings (SSSR count). The van der Waals surface area contributed by atoms with E-state index >= 15 is 0 Å². The van der Waals surface area contributed by atoms with E-state index in [0.29, 0.717) is 6.61 Å². The number of esters is 1. The molecule has 1 heterocycles. The van der Waals surface area contributed by atoms with Gasteiger partial charge in [0.1, 0.15) is 10.7 Å². The van der Waals surface area contributed by atoms with Gasteiger partial charge in [0, 0.05) is 20.1 Å². The van der Waals surface area contributed by atoms with Crippen molar-refractivity contribution >= 4 is 52.7 Å². The Morgan fingerprint density at radius 2 is 1.83 bits per heavy atom. The van der Waals surface area contributed by atoms with Gasteiger partial charge in [0.25, 0.3) is 0 Å². The molecule has 0 bridgehead atoms. The fourth-order valence-electron chi connectivity index (χ4n) is 3.88. The summed E-state index contributed by atoms with van der Waals surface area (Å²) in [4.78, 5) is 47.2. The molecule has 1 aliphatic heterocycles. The number of carbonyl (C=O) groups excluding carboxylic acids is 4. The summed E-state index contributed by atoms with van der Waals surface area (Å²) in [5, 5.41) is 3.81. The summed E-state index contributed by atoms with van der Waals surface area (Å²) in [5.41, 5.74) is -2.92. The number of nitrogens with one attached hydrogen (secondary N) is 2. The third kappa shape index (κ3) is 7.14. The van der Waals surface area contributed by atoms with Gasteiger partial charge >= 0.3 is 12.0 Å². The highest BCUT2D eigenvalue weighted by atomic mass is 32.9. The lowest BCUT2D eigenvalue weighted by Crippen LogP contribution is -2.64. The van der Waals surface area contributed by atoms with Crippen LogP contribution in [0.15, 0.2) is 55.1 Å². The van der Waals surface area contributed by atoms with Crippen LogP contribution in [0.5, 0.6) is 0 Å². The third-order valence-electron chi connectivity index (χ3n) is 5.66. The normalized spacial score (nSPS) is 19.4. The zero-order valence-corrected chi connectivity index (χ0v) is 23.0. The maximum Gasteiger partial charge on any atom is 0.328 e. The number of amides is 4. The molecule has 1 fully saturated rings. The van der Waals surface area contributed by atoms with E-state index in [1.807, 2.05) is 42.5 Å². The van der Waals surface area contributed by atoms with Gasteiger partial charge < -0.3 is 13.8 Å². The van der Waals surface area contributed by atoms with Gasteiger partial charge in [-0.3, -0.25) is 25.0 Å². The van der Waals surface area contributed by atoms with Crippen molar-refractivity contribution in [1.29, 1.82) is 0 Å². The van der Waals surface area contributed by atoms with E-state index in [-0.39, 0.29) is 18.3 Å². The van der Waals surface area contributed by atoms with Crippen LogP contribution in [-0.2, 0) is 40.0 Å². The molecule has 12 heteroatoms. The third-order valence-corrected chi connectivity index (χ3v) is 11.5. The molecule has 2 N–H and O–H groups in total. The zero-order chi connectivity index (χ0) is 26.8. The lowest BCUT2D eigenvalue weighted by atomic mass is 9.70. The van der Waals surface area contributed by atoms with Crippen LogP contribution in [0.2, 0.25) is 0 Å². The van der Waals surface area contributed by atoms with Gasteiger partial charge in [0.2, 0.25) is 17.5 Å². The second kappa shape index (κ2) is 13.9. The zero-order valence-electron chi connectivity index (χ0n) is 20.4. The van der Waals surface area contributed by atoms with Crippen LogP contribution >= 0.6 is 17.1 Å². The summed E-state index contributed by atoms with van der Waals surface area (Å²) in [7, 11) is 2.98. The summed E-state index contributed by atoms with van der Waals surface area (Å²) in [6.07, 6.45) is 7.18. The first kappa shape index (κ1) is 29.9. The monoisotopic (exact) mass is 554 g/mol. The Hall–Kier alpha value is -2.30. The number of allylic oxidation sites excluding steroid dienone is 3. The second-order valence-corrected chi connectivity index (χ2v) is 14.3. The van der Waals surface area contributed by atoms with Gasteiger partial charge in [0.05, 0.1) is 6.61 Å². The number of hydrogen-bond acceptors (Lipinski definition) is 9. The highest BCUT2D eigenvalue weighted by molar-refractivity contribution is 8.68. The summed E-state index contributed by atoms with van der Waals surface area (Å²) in [5.74, 6) is -1.55. The van der Waals surface area contributed by atoms with Gasteiger partial charge in [-0.15, -0.1) is 6.58 Å². The Balaban J connectivity index is 0.000000255. The highest BCUT2D eigenvalue weighted by Crippen LogP contribution is 2.65. The molecule has 2 unspecified atom stereocenters. The van der Waals surface area contributed by atoms with Crippen molar-refractivity contribution < 1.29 is 33.0 Å². The van der Waals surface area contributed by atoms with Crippen molar-refractivity contribution in [2.75, 3.05) is 20.8 Å². The van der Waals surface area contributed by atoms with Gasteiger partial charge in [0.15, 0.2) is 0 Å². The van der Waals surface area contributed by atoms with Crippen LogP contribution in [0.1, 0.15) is 37.0 Å². The highest BCUT2D eigenvalue weighted by Gasteiger charge is 2.54. The molecule has 1 saturated heterocycles. The Morgan fingerprint density at radius 3 is 2.31 bits per heavy atom. The predicted octanol–water partition coefficient (Wildman–Crippen LogP) is 4.42. The molecule has 196 valence electrons. The number of rotatable bonds is 10. The lowest BCUT2D eigenvalue weighted by molar-refractivity contribution is -0.147. The molecular formula is C24H31N2O7PS2. The van der Waals surface area contributed by atoms with Crippen LogP contribution in [0.3, 0.4) is 0 Å². The van der Waals surface area contributed by atoms with Crippen molar-refractivity contribution in [3.05, 3.63) is 60.7 Å². The number of imide groups is 2. The molecule has 0 aromatic heterocycles. The minimum absolute atomic E-state index is 0.173. The molecule has 2 aliphatic rings. The molecule has 1 aromatic carbocycles. The maximum absolute atomic E-state index is 12.1. The quantitative estimate of drug-likeness (QED) is 0.187. The number of benzene rings is 1. The van der Waals surface area contributed by atoms with Crippen LogP contribution in [0.4, 0.5) is 4.79 Å². The van der Waals surface area contributed by atoms with Crippen LogP contribution in [0, 0.1) is 11.3 Å². The Labute approximate surface area is 220 Å². The maximum atomic E-state index is 12.1. The van der Waals surface area contributed by atoms with E-state index in [2.05, 4.69) is 17.2 Å². The second-order valence-electron chi connectivity index (χ2n) is 7.77. The SMILES string of the molecule is C=CCC1(C2C=CCC2)C(=O)NC(=O)NC1=O.CCOC(=O)C(SP(=S)(OC)OC)c1ccccc1. The number of urea groups is 1. The van der Waals surface area contributed by atoms with E-state index in [1.165, 1.54) is 25.6 Å². The molecule has 0 radical (unpaired) electrons. The molecule has 2 atom stereocenters. The summed E-state index contributed by atoms with van der Waals surface area (Å²) in [6.45, 7) is 5.69. The summed E-state index contributed by atoms with van der Waals surface area (Å²) >= 11 is 6.51. The van der Waals surface area contributed by atoms with E-state index in [4.69, 9.17) is 25.6 Å². The lowest BCUT2D eigenvalue weighted by Gasteiger charge is -2.37. The predicted molar refractivity (Wildman–Crippen MR) is 143 cm³/mol. The molecule has 4 amide bonds. The van der Waals surface area contributed by atoms with Gasteiger partial charge in [-0.05, 0) is 43.6 Å². The molecule has 36 heavy (non-hydrogen) atoms. The van der Waals surface area contributed by atoms with Gasteiger partial charge in [-0.2, -0.15) is 0 Å². The number of ether oxygens (including phenoxy) is 1. The largest absolute Gasteiger partial charge is 0.465 e. The van der Waals surface area contributed by atoms with Crippen LogP contribution in [-0.4, -0.2) is 44.6 Å². The molecular weight excluding hydrogens is 523 g/mol. The van der Waals surface area contributed by atoms with Crippen molar-refractivity contribution in [2.45, 2.75) is 31.4 Å². The minimum atomic E-state index is -2.53. The minimum Gasteiger partial charge on any atom is -0.465 e. The Morgan fingerprint density at radius 1 is 1.22 bits per heavy atom. The number of barbiturate groups is 1.